The minimum atomic E-state index is -0.619. The van der Waals surface area contributed by atoms with Crippen molar-refractivity contribution < 1.29 is 23.6 Å². The lowest BCUT2D eigenvalue weighted by Crippen LogP contribution is -2.02. The van der Waals surface area contributed by atoms with Gasteiger partial charge in [0, 0.05) is 17.7 Å². The Labute approximate surface area is 141 Å². The van der Waals surface area contributed by atoms with Crippen LogP contribution >= 0.6 is 0 Å². The fraction of sp³-hybridized carbons (Fsp3) is 0.0625. The highest BCUT2D eigenvalue weighted by molar-refractivity contribution is 5.90. The van der Waals surface area contributed by atoms with Crippen LogP contribution < -0.4 is 4.74 Å². The third kappa shape index (κ3) is 3.44. The van der Waals surface area contributed by atoms with Gasteiger partial charge in [-0.25, -0.2) is 4.79 Å². The molecule has 0 saturated carbocycles. The highest BCUT2D eigenvalue weighted by atomic mass is 16.6. The summed E-state index contributed by atoms with van der Waals surface area (Å²) in [7, 11) is 1.22. The van der Waals surface area contributed by atoms with Gasteiger partial charge in [0.15, 0.2) is 0 Å². The number of aromatic nitrogens is 2. The van der Waals surface area contributed by atoms with Gasteiger partial charge in [0.25, 0.3) is 0 Å². The number of benzene rings is 2. The molecule has 1 aromatic heterocycles. The third-order valence-electron chi connectivity index (χ3n) is 3.27. The molecule has 0 amide bonds. The molecule has 0 aliphatic heterocycles. The van der Waals surface area contributed by atoms with Gasteiger partial charge in [-0.1, -0.05) is 0 Å². The van der Waals surface area contributed by atoms with Gasteiger partial charge < -0.3 is 13.9 Å². The lowest BCUT2D eigenvalue weighted by molar-refractivity contribution is -0.385. The van der Waals surface area contributed by atoms with E-state index in [1.54, 1.807) is 24.3 Å². The molecule has 9 heteroatoms. The van der Waals surface area contributed by atoms with Crippen LogP contribution in [0, 0.1) is 10.1 Å². The molecule has 9 nitrogen and oxygen atoms in total. The summed E-state index contributed by atoms with van der Waals surface area (Å²) in [6, 6.07) is 10.3. The zero-order chi connectivity index (χ0) is 17.8. The van der Waals surface area contributed by atoms with Gasteiger partial charge in [-0.3, -0.25) is 10.1 Å². The van der Waals surface area contributed by atoms with E-state index in [4.69, 9.17) is 9.15 Å². The molecule has 3 rings (SSSR count). The van der Waals surface area contributed by atoms with E-state index in [2.05, 4.69) is 14.9 Å². The number of carbonyl (C=O) groups excluding carboxylic acids is 1. The first-order valence-electron chi connectivity index (χ1n) is 6.99. The smallest absolute Gasteiger partial charge is 0.337 e. The Kier molecular flexibility index (Phi) is 4.38. The number of hydrogen-bond acceptors (Lipinski definition) is 8. The second-order valence-corrected chi connectivity index (χ2v) is 4.80. The van der Waals surface area contributed by atoms with Crippen LogP contribution in [0.2, 0.25) is 0 Å². The molecule has 2 aromatic carbocycles. The van der Waals surface area contributed by atoms with Crippen LogP contribution in [-0.4, -0.2) is 28.2 Å². The normalized spacial score (nSPS) is 10.3. The summed E-state index contributed by atoms with van der Waals surface area (Å²) in [6.07, 6.45) is 1.21. The topological polar surface area (TPSA) is 118 Å². The molecule has 3 aromatic rings. The number of rotatable bonds is 5. The number of methoxy groups -OCH3 is 1. The van der Waals surface area contributed by atoms with Crippen molar-refractivity contribution in [1.29, 1.82) is 0 Å². The molecule has 1 heterocycles. The quantitative estimate of drug-likeness (QED) is 0.394. The zero-order valence-corrected chi connectivity index (χ0v) is 12.9. The average Bonchev–Trinajstić information content (AvgIpc) is 3.16. The van der Waals surface area contributed by atoms with Crippen LogP contribution in [0.1, 0.15) is 10.4 Å². The van der Waals surface area contributed by atoms with Crippen LogP contribution in [0.3, 0.4) is 0 Å². The van der Waals surface area contributed by atoms with E-state index in [0.29, 0.717) is 17.2 Å². The summed E-state index contributed by atoms with van der Waals surface area (Å²) in [4.78, 5) is 22.2. The number of esters is 1. The lowest BCUT2D eigenvalue weighted by atomic mass is 10.2. The van der Waals surface area contributed by atoms with E-state index in [1.807, 2.05) is 0 Å². The molecule has 0 aliphatic rings. The zero-order valence-electron chi connectivity index (χ0n) is 12.9. The summed E-state index contributed by atoms with van der Waals surface area (Å²) in [5.74, 6) is -0.0106. The van der Waals surface area contributed by atoms with Crippen molar-refractivity contribution in [1.82, 2.24) is 10.2 Å². The first-order chi connectivity index (χ1) is 12.1. The lowest BCUT2D eigenvalue weighted by Gasteiger charge is -2.08. The van der Waals surface area contributed by atoms with E-state index in [1.165, 1.54) is 31.7 Å². The van der Waals surface area contributed by atoms with Crippen LogP contribution in [0.5, 0.6) is 11.5 Å². The SMILES string of the molecule is COC(=O)c1ccc([N+](=O)[O-])c(Oc2ccc(-c3nnco3)cc2)c1. The third-order valence-corrected chi connectivity index (χ3v) is 3.27. The van der Waals surface area contributed by atoms with Crippen molar-refractivity contribution in [2.24, 2.45) is 0 Å². The Morgan fingerprint density at radius 3 is 2.56 bits per heavy atom. The molecule has 0 spiro atoms. The van der Waals surface area contributed by atoms with Gasteiger partial charge in [-0.15, -0.1) is 10.2 Å². The van der Waals surface area contributed by atoms with Crippen molar-refractivity contribution >= 4 is 11.7 Å². The Balaban J connectivity index is 1.90. The molecule has 0 unspecified atom stereocenters. The summed E-state index contributed by atoms with van der Waals surface area (Å²) >= 11 is 0. The maximum atomic E-state index is 11.6. The van der Waals surface area contributed by atoms with E-state index >= 15 is 0 Å². The van der Waals surface area contributed by atoms with Gasteiger partial charge in [-0.2, -0.15) is 0 Å². The fourth-order valence-electron chi connectivity index (χ4n) is 2.08. The predicted molar refractivity (Wildman–Crippen MR) is 84.2 cm³/mol. The van der Waals surface area contributed by atoms with Crippen molar-refractivity contribution in [2.75, 3.05) is 7.11 Å². The highest BCUT2D eigenvalue weighted by Gasteiger charge is 2.19. The highest BCUT2D eigenvalue weighted by Crippen LogP contribution is 2.33. The monoisotopic (exact) mass is 341 g/mol. The van der Waals surface area contributed by atoms with Crippen molar-refractivity contribution in [2.45, 2.75) is 0 Å². The average molecular weight is 341 g/mol. The van der Waals surface area contributed by atoms with Gasteiger partial charge in [0.2, 0.25) is 18.0 Å². The number of nitro benzene ring substituents is 1. The number of nitro groups is 1. The van der Waals surface area contributed by atoms with Gasteiger partial charge >= 0.3 is 11.7 Å². The summed E-state index contributed by atoms with van der Waals surface area (Å²) < 4.78 is 15.3. The van der Waals surface area contributed by atoms with E-state index in [0.717, 1.165) is 0 Å². The maximum Gasteiger partial charge on any atom is 0.337 e. The first-order valence-corrected chi connectivity index (χ1v) is 6.99. The minimum absolute atomic E-state index is 0.0709. The Bertz CT molecular complexity index is 906. The molecular formula is C16H11N3O6. The van der Waals surface area contributed by atoms with Crippen LogP contribution in [0.15, 0.2) is 53.3 Å². The summed E-state index contributed by atoms with van der Waals surface area (Å²) in [6.45, 7) is 0. The number of nitrogens with zero attached hydrogens (tertiary/aromatic N) is 3. The Morgan fingerprint density at radius 2 is 1.96 bits per heavy atom. The summed E-state index contributed by atoms with van der Waals surface area (Å²) in [5, 5.41) is 18.5. The van der Waals surface area contributed by atoms with Gasteiger partial charge in [0.05, 0.1) is 17.6 Å². The molecule has 0 radical (unpaired) electrons. The Morgan fingerprint density at radius 1 is 1.20 bits per heavy atom. The van der Waals surface area contributed by atoms with E-state index in [-0.39, 0.29) is 17.0 Å². The van der Waals surface area contributed by atoms with Gasteiger partial charge in [0.1, 0.15) is 5.75 Å². The number of ether oxygens (including phenoxy) is 2. The Hall–Kier alpha value is -3.75. The first kappa shape index (κ1) is 16.1. The molecular weight excluding hydrogens is 330 g/mol. The molecule has 0 aliphatic carbocycles. The second kappa shape index (κ2) is 6.79. The fourth-order valence-corrected chi connectivity index (χ4v) is 2.08. The van der Waals surface area contributed by atoms with Crippen molar-refractivity contribution in [3.05, 3.63) is 64.5 Å². The molecule has 126 valence electrons. The van der Waals surface area contributed by atoms with Crippen molar-refractivity contribution in [3.8, 4) is 23.0 Å². The van der Waals surface area contributed by atoms with Crippen LogP contribution in [0.4, 0.5) is 5.69 Å². The minimum Gasteiger partial charge on any atom is -0.465 e. The number of carbonyl (C=O) groups is 1. The maximum absolute atomic E-state index is 11.6. The largest absolute Gasteiger partial charge is 0.465 e. The van der Waals surface area contributed by atoms with E-state index < -0.39 is 10.9 Å². The standard InChI is InChI=1S/C16H11N3O6/c1-23-16(20)11-4-7-13(19(21)22)14(8-11)25-12-5-2-10(3-6-12)15-18-17-9-24-15/h2-9H,1H3. The molecule has 25 heavy (non-hydrogen) atoms. The summed E-state index contributed by atoms with van der Waals surface area (Å²) in [5.41, 5.74) is 0.543. The predicted octanol–water partition coefficient (Wildman–Crippen LogP) is 3.22. The van der Waals surface area contributed by atoms with Crippen LogP contribution in [0.25, 0.3) is 11.5 Å². The second-order valence-electron chi connectivity index (χ2n) is 4.80. The molecule has 0 fully saturated rings. The molecule has 0 bridgehead atoms. The molecule has 0 N–H and O–H groups in total. The van der Waals surface area contributed by atoms with E-state index in [9.17, 15) is 14.9 Å². The van der Waals surface area contributed by atoms with Gasteiger partial charge in [-0.05, 0) is 30.3 Å². The van der Waals surface area contributed by atoms with Crippen molar-refractivity contribution in [3.63, 3.8) is 0 Å². The molecule has 0 atom stereocenters. The van der Waals surface area contributed by atoms with Crippen LogP contribution in [-0.2, 0) is 4.74 Å². The number of hydrogen-bond donors (Lipinski definition) is 0. The molecule has 0 saturated heterocycles.